The number of nitrogens with zero attached hydrogens (tertiary/aromatic N) is 1. The molecule has 0 bridgehead atoms. The van der Waals surface area contributed by atoms with Crippen molar-refractivity contribution in [3.63, 3.8) is 0 Å². The van der Waals surface area contributed by atoms with Gasteiger partial charge in [-0.3, -0.25) is 0 Å². The van der Waals surface area contributed by atoms with E-state index in [1.54, 1.807) is 0 Å². The zero-order chi connectivity index (χ0) is 10.4. The molecule has 0 amide bonds. The first-order chi connectivity index (χ1) is 6.72. The van der Waals surface area contributed by atoms with Crippen LogP contribution in [0.15, 0.2) is 18.3 Å². The van der Waals surface area contributed by atoms with Crippen LogP contribution in [0.2, 0.25) is 0 Å². The Labute approximate surface area is 86.3 Å². The van der Waals surface area contributed by atoms with E-state index >= 15 is 0 Å². The van der Waals surface area contributed by atoms with Gasteiger partial charge in [0.05, 0.1) is 6.61 Å². The molecule has 0 fully saturated rings. The van der Waals surface area contributed by atoms with Crippen molar-refractivity contribution in [1.29, 1.82) is 0 Å². The van der Waals surface area contributed by atoms with E-state index < -0.39 is 0 Å². The standard InChI is InChI=1S/C12H19NO/c1-4-11-5-6-12(13-9-11)14-8-7-10(2)3/h5-6,9-10H,4,7-8H2,1-3H3. The van der Waals surface area contributed by atoms with E-state index in [-0.39, 0.29) is 0 Å². The fourth-order valence-electron chi connectivity index (χ4n) is 1.10. The molecule has 0 spiro atoms. The highest BCUT2D eigenvalue weighted by Crippen LogP contribution is 2.09. The topological polar surface area (TPSA) is 22.1 Å². The van der Waals surface area contributed by atoms with Crippen LogP contribution in [0.4, 0.5) is 0 Å². The zero-order valence-electron chi connectivity index (χ0n) is 9.29. The number of aryl methyl sites for hydroxylation is 1. The van der Waals surface area contributed by atoms with Crippen LogP contribution in [-0.2, 0) is 6.42 Å². The van der Waals surface area contributed by atoms with Gasteiger partial charge in [-0.1, -0.05) is 26.8 Å². The molecule has 0 saturated carbocycles. The Morgan fingerprint density at radius 1 is 1.36 bits per heavy atom. The van der Waals surface area contributed by atoms with E-state index in [1.807, 2.05) is 12.3 Å². The molecule has 1 heterocycles. The van der Waals surface area contributed by atoms with Gasteiger partial charge in [-0.2, -0.15) is 0 Å². The van der Waals surface area contributed by atoms with Gasteiger partial charge < -0.3 is 4.74 Å². The summed E-state index contributed by atoms with van der Waals surface area (Å²) in [6.45, 7) is 7.26. The Bertz CT molecular complexity index is 254. The predicted octanol–water partition coefficient (Wildman–Crippen LogP) is 3.07. The van der Waals surface area contributed by atoms with Gasteiger partial charge in [0.1, 0.15) is 0 Å². The van der Waals surface area contributed by atoms with Gasteiger partial charge in [-0.05, 0) is 24.3 Å². The smallest absolute Gasteiger partial charge is 0.213 e. The zero-order valence-corrected chi connectivity index (χ0v) is 9.29. The number of rotatable bonds is 5. The second-order valence-electron chi connectivity index (χ2n) is 3.89. The molecule has 0 aliphatic heterocycles. The van der Waals surface area contributed by atoms with E-state index in [2.05, 4.69) is 31.8 Å². The van der Waals surface area contributed by atoms with E-state index in [0.717, 1.165) is 25.3 Å². The van der Waals surface area contributed by atoms with Crippen LogP contribution in [0, 0.1) is 5.92 Å². The summed E-state index contributed by atoms with van der Waals surface area (Å²) in [6, 6.07) is 4.01. The lowest BCUT2D eigenvalue weighted by Crippen LogP contribution is -2.02. The molecular formula is C12H19NO. The summed E-state index contributed by atoms with van der Waals surface area (Å²) in [5.74, 6) is 1.42. The van der Waals surface area contributed by atoms with Crippen molar-refractivity contribution in [2.24, 2.45) is 5.92 Å². The van der Waals surface area contributed by atoms with Crippen LogP contribution in [0.25, 0.3) is 0 Å². The molecule has 0 aromatic carbocycles. The summed E-state index contributed by atoms with van der Waals surface area (Å²) >= 11 is 0. The Morgan fingerprint density at radius 3 is 2.64 bits per heavy atom. The maximum atomic E-state index is 5.51. The minimum atomic E-state index is 0.685. The highest BCUT2D eigenvalue weighted by Gasteiger charge is 1.97. The third-order valence-electron chi connectivity index (χ3n) is 2.15. The summed E-state index contributed by atoms with van der Waals surface area (Å²) < 4.78 is 5.51. The van der Waals surface area contributed by atoms with Crippen LogP contribution >= 0.6 is 0 Å². The van der Waals surface area contributed by atoms with Crippen LogP contribution in [-0.4, -0.2) is 11.6 Å². The fraction of sp³-hybridized carbons (Fsp3) is 0.583. The third-order valence-corrected chi connectivity index (χ3v) is 2.15. The van der Waals surface area contributed by atoms with Gasteiger partial charge in [-0.25, -0.2) is 4.98 Å². The highest BCUT2D eigenvalue weighted by atomic mass is 16.5. The van der Waals surface area contributed by atoms with Crippen molar-refractivity contribution in [2.75, 3.05) is 6.61 Å². The molecule has 14 heavy (non-hydrogen) atoms. The van der Waals surface area contributed by atoms with E-state index in [9.17, 15) is 0 Å². The van der Waals surface area contributed by atoms with Crippen molar-refractivity contribution < 1.29 is 4.74 Å². The molecule has 2 nitrogen and oxygen atoms in total. The van der Waals surface area contributed by atoms with Gasteiger partial charge in [0.25, 0.3) is 0 Å². The molecule has 0 saturated heterocycles. The van der Waals surface area contributed by atoms with Gasteiger partial charge >= 0.3 is 0 Å². The van der Waals surface area contributed by atoms with E-state index in [4.69, 9.17) is 4.74 Å². The average molecular weight is 193 g/mol. The number of hydrogen-bond acceptors (Lipinski definition) is 2. The molecule has 2 heteroatoms. The molecule has 0 aliphatic rings. The SMILES string of the molecule is CCc1ccc(OCCC(C)C)nc1. The monoisotopic (exact) mass is 193 g/mol. The lowest BCUT2D eigenvalue weighted by Gasteiger charge is -2.07. The summed E-state index contributed by atoms with van der Waals surface area (Å²) in [5, 5.41) is 0. The quantitative estimate of drug-likeness (QED) is 0.717. The largest absolute Gasteiger partial charge is 0.478 e. The molecule has 0 atom stereocenters. The molecular weight excluding hydrogens is 174 g/mol. The Balaban J connectivity index is 2.36. The van der Waals surface area contributed by atoms with Gasteiger partial charge in [0.15, 0.2) is 0 Å². The van der Waals surface area contributed by atoms with Crippen LogP contribution in [0.1, 0.15) is 32.8 Å². The fourth-order valence-corrected chi connectivity index (χ4v) is 1.10. The molecule has 0 unspecified atom stereocenters. The second-order valence-corrected chi connectivity index (χ2v) is 3.89. The van der Waals surface area contributed by atoms with Crippen molar-refractivity contribution in [3.05, 3.63) is 23.9 Å². The molecule has 0 aliphatic carbocycles. The predicted molar refractivity (Wildman–Crippen MR) is 58.6 cm³/mol. The molecule has 1 rings (SSSR count). The lowest BCUT2D eigenvalue weighted by atomic mass is 10.1. The Morgan fingerprint density at radius 2 is 2.14 bits per heavy atom. The first-order valence-electron chi connectivity index (χ1n) is 5.30. The molecule has 1 aromatic heterocycles. The normalized spacial score (nSPS) is 10.6. The molecule has 0 N–H and O–H groups in total. The van der Waals surface area contributed by atoms with Gasteiger partial charge in [0.2, 0.25) is 5.88 Å². The van der Waals surface area contributed by atoms with Gasteiger partial charge in [0, 0.05) is 12.3 Å². The summed E-state index contributed by atoms with van der Waals surface area (Å²) in [7, 11) is 0. The molecule has 0 radical (unpaired) electrons. The Kier molecular flexibility index (Phi) is 4.44. The summed E-state index contributed by atoms with van der Waals surface area (Å²) in [4.78, 5) is 4.22. The molecule has 1 aromatic rings. The number of pyridine rings is 1. The highest BCUT2D eigenvalue weighted by molar-refractivity contribution is 5.17. The lowest BCUT2D eigenvalue weighted by molar-refractivity contribution is 0.279. The average Bonchev–Trinajstić information content (AvgIpc) is 2.18. The van der Waals surface area contributed by atoms with E-state index in [1.165, 1.54) is 5.56 Å². The van der Waals surface area contributed by atoms with Crippen molar-refractivity contribution >= 4 is 0 Å². The van der Waals surface area contributed by atoms with Crippen LogP contribution in [0.3, 0.4) is 0 Å². The Hall–Kier alpha value is -1.05. The maximum Gasteiger partial charge on any atom is 0.213 e. The number of aromatic nitrogens is 1. The van der Waals surface area contributed by atoms with E-state index in [0.29, 0.717) is 5.92 Å². The van der Waals surface area contributed by atoms with Crippen molar-refractivity contribution in [3.8, 4) is 5.88 Å². The minimum Gasteiger partial charge on any atom is -0.478 e. The third kappa shape index (κ3) is 3.77. The first-order valence-corrected chi connectivity index (χ1v) is 5.30. The number of hydrogen-bond donors (Lipinski definition) is 0. The first kappa shape index (κ1) is 11.0. The summed E-state index contributed by atoms with van der Waals surface area (Å²) in [6.07, 6.45) is 3.99. The number of ether oxygens (including phenoxy) is 1. The van der Waals surface area contributed by atoms with Crippen LogP contribution in [0.5, 0.6) is 5.88 Å². The van der Waals surface area contributed by atoms with Gasteiger partial charge in [-0.15, -0.1) is 0 Å². The second kappa shape index (κ2) is 5.63. The van der Waals surface area contributed by atoms with Crippen LogP contribution < -0.4 is 4.74 Å². The maximum absolute atomic E-state index is 5.51. The molecule has 78 valence electrons. The van der Waals surface area contributed by atoms with Crippen molar-refractivity contribution in [1.82, 2.24) is 4.98 Å². The summed E-state index contributed by atoms with van der Waals surface area (Å²) in [5.41, 5.74) is 1.25. The van der Waals surface area contributed by atoms with Crippen molar-refractivity contribution in [2.45, 2.75) is 33.6 Å². The minimum absolute atomic E-state index is 0.685.